The quantitative estimate of drug-likeness (QED) is 0.855. The molecule has 1 aromatic rings. The highest BCUT2D eigenvalue weighted by Crippen LogP contribution is 2.28. The molecule has 0 radical (unpaired) electrons. The maximum atomic E-state index is 13.2. The Kier molecular flexibility index (Phi) is 3.31. The summed E-state index contributed by atoms with van der Waals surface area (Å²) in [5.41, 5.74) is 0.689. The molecule has 4 heteroatoms. The molecule has 2 atom stereocenters. The number of nitrogens with one attached hydrogen (secondary N) is 1. The first-order valence-electron chi connectivity index (χ1n) is 5.32. The highest BCUT2D eigenvalue weighted by molar-refractivity contribution is 6.30. The fourth-order valence-corrected chi connectivity index (χ4v) is 2.20. The molecule has 0 spiro atoms. The second kappa shape index (κ2) is 4.71. The zero-order chi connectivity index (χ0) is 11.5. The van der Waals surface area contributed by atoms with Crippen LogP contribution in [0.2, 0.25) is 5.02 Å². The summed E-state index contributed by atoms with van der Waals surface area (Å²) in [6.45, 7) is 0. The molecule has 0 saturated heterocycles. The number of hydrogen-bond donors (Lipinski definition) is 1. The molecule has 1 aromatic carbocycles. The minimum absolute atomic E-state index is 0.0266. The van der Waals surface area contributed by atoms with Crippen molar-refractivity contribution in [1.82, 2.24) is 0 Å². The van der Waals surface area contributed by atoms with Crippen LogP contribution in [0.1, 0.15) is 19.3 Å². The van der Waals surface area contributed by atoms with Crippen LogP contribution in [0.4, 0.5) is 10.1 Å². The van der Waals surface area contributed by atoms with E-state index in [4.69, 9.17) is 16.9 Å². The van der Waals surface area contributed by atoms with E-state index in [0.29, 0.717) is 5.69 Å². The lowest BCUT2D eigenvalue weighted by Gasteiger charge is -2.17. The Morgan fingerprint density at radius 1 is 1.44 bits per heavy atom. The van der Waals surface area contributed by atoms with Crippen molar-refractivity contribution in [2.24, 2.45) is 5.92 Å². The van der Waals surface area contributed by atoms with E-state index in [1.807, 2.05) is 0 Å². The van der Waals surface area contributed by atoms with Crippen molar-refractivity contribution in [2.75, 3.05) is 5.32 Å². The second-order valence-electron chi connectivity index (χ2n) is 4.05. The molecule has 1 aliphatic rings. The summed E-state index contributed by atoms with van der Waals surface area (Å²) in [4.78, 5) is 0. The van der Waals surface area contributed by atoms with Gasteiger partial charge in [-0.2, -0.15) is 5.26 Å². The highest BCUT2D eigenvalue weighted by Gasteiger charge is 2.26. The van der Waals surface area contributed by atoms with Crippen LogP contribution in [0.15, 0.2) is 18.2 Å². The smallest absolute Gasteiger partial charge is 0.143 e. The average molecular weight is 239 g/mol. The molecule has 0 aliphatic heterocycles. The van der Waals surface area contributed by atoms with Crippen LogP contribution in [0, 0.1) is 23.1 Å². The summed E-state index contributed by atoms with van der Waals surface area (Å²) in [5, 5.41) is 12.2. The molecule has 1 aliphatic carbocycles. The van der Waals surface area contributed by atoms with Crippen LogP contribution in [-0.2, 0) is 0 Å². The van der Waals surface area contributed by atoms with Crippen LogP contribution in [0.25, 0.3) is 0 Å². The van der Waals surface area contributed by atoms with Gasteiger partial charge in [0.05, 0.1) is 17.0 Å². The SMILES string of the molecule is N#CC1CCCC1Nc1ccc(Cl)c(F)c1. The number of rotatable bonds is 2. The lowest BCUT2D eigenvalue weighted by molar-refractivity contribution is 0.619. The summed E-state index contributed by atoms with van der Waals surface area (Å²) in [6, 6.07) is 7.04. The van der Waals surface area contributed by atoms with Gasteiger partial charge in [-0.15, -0.1) is 0 Å². The van der Waals surface area contributed by atoms with E-state index in [9.17, 15) is 4.39 Å². The van der Waals surface area contributed by atoms with E-state index in [1.165, 1.54) is 12.1 Å². The second-order valence-corrected chi connectivity index (χ2v) is 4.45. The minimum atomic E-state index is -0.432. The number of nitriles is 1. The maximum absolute atomic E-state index is 13.2. The number of anilines is 1. The van der Waals surface area contributed by atoms with E-state index < -0.39 is 5.82 Å². The lowest BCUT2D eigenvalue weighted by Crippen LogP contribution is -2.22. The first kappa shape index (κ1) is 11.2. The van der Waals surface area contributed by atoms with Gasteiger partial charge >= 0.3 is 0 Å². The Morgan fingerprint density at radius 2 is 2.25 bits per heavy atom. The topological polar surface area (TPSA) is 35.8 Å². The molecule has 2 nitrogen and oxygen atoms in total. The third kappa shape index (κ3) is 2.28. The van der Waals surface area contributed by atoms with Gasteiger partial charge in [0.25, 0.3) is 0 Å². The molecule has 0 heterocycles. The zero-order valence-corrected chi connectivity index (χ0v) is 9.47. The fraction of sp³-hybridized carbons (Fsp3) is 0.417. The summed E-state index contributed by atoms with van der Waals surface area (Å²) < 4.78 is 13.2. The van der Waals surface area contributed by atoms with E-state index >= 15 is 0 Å². The third-order valence-electron chi connectivity index (χ3n) is 2.95. The molecule has 2 unspecified atom stereocenters. The lowest BCUT2D eigenvalue weighted by atomic mass is 10.1. The first-order chi connectivity index (χ1) is 7.70. The number of benzene rings is 1. The maximum Gasteiger partial charge on any atom is 0.143 e. The Hall–Kier alpha value is -1.27. The Balaban J connectivity index is 2.09. The van der Waals surface area contributed by atoms with E-state index in [-0.39, 0.29) is 17.0 Å². The summed E-state index contributed by atoms with van der Waals surface area (Å²) in [5.74, 6) is -0.406. The molecule has 0 amide bonds. The van der Waals surface area contributed by atoms with Gasteiger partial charge in [0.15, 0.2) is 0 Å². The first-order valence-corrected chi connectivity index (χ1v) is 5.69. The van der Waals surface area contributed by atoms with Gasteiger partial charge in [0, 0.05) is 11.7 Å². The van der Waals surface area contributed by atoms with Gasteiger partial charge < -0.3 is 5.32 Å². The van der Waals surface area contributed by atoms with Crippen molar-refractivity contribution in [3.05, 3.63) is 29.0 Å². The molecule has 0 aromatic heterocycles. The zero-order valence-electron chi connectivity index (χ0n) is 8.71. The monoisotopic (exact) mass is 238 g/mol. The predicted octanol–water partition coefficient (Wildman–Crippen LogP) is 3.58. The van der Waals surface area contributed by atoms with Crippen molar-refractivity contribution in [2.45, 2.75) is 25.3 Å². The van der Waals surface area contributed by atoms with E-state index in [2.05, 4.69) is 11.4 Å². The van der Waals surface area contributed by atoms with Crippen molar-refractivity contribution >= 4 is 17.3 Å². The summed E-state index contributed by atoms with van der Waals surface area (Å²) >= 11 is 5.60. The number of halogens is 2. The number of hydrogen-bond acceptors (Lipinski definition) is 2. The molecule has 1 N–H and O–H groups in total. The van der Waals surface area contributed by atoms with Crippen molar-refractivity contribution < 1.29 is 4.39 Å². The van der Waals surface area contributed by atoms with Crippen LogP contribution in [0.5, 0.6) is 0 Å². The molecule has 1 saturated carbocycles. The van der Waals surface area contributed by atoms with Gasteiger partial charge in [-0.1, -0.05) is 11.6 Å². The average Bonchev–Trinajstić information content (AvgIpc) is 2.71. The van der Waals surface area contributed by atoms with E-state index in [1.54, 1.807) is 6.07 Å². The minimum Gasteiger partial charge on any atom is -0.381 e. The van der Waals surface area contributed by atoms with Crippen LogP contribution >= 0.6 is 11.6 Å². The Bertz CT molecular complexity index is 428. The molecular weight excluding hydrogens is 227 g/mol. The van der Waals surface area contributed by atoms with Gasteiger partial charge in [0.1, 0.15) is 5.82 Å². The largest absolute Gasteiger partial charge is 0.381 e. The van der Waals surface area contributed by atoms with Crippen molar-refractivity contribution in [1.29, 1.82) is 5.26 Å². The van der Waals surface area contributed by atoms with Crippen molar-refractivity contribution in [3.63, 3.8) is 0 Å². The van der Waals surface area contributed by atoms with Gasteiger partial charge in [0.2, 0.25) is 0 Å². The van der Waals surface area contributed by atoms with Crippen LogP contribution in [-0.4, -0.2) is 6.04 Å². The highest BCUT2D eigenvalue weighted by atomic mass is 35.5. The van der Waals surface area contributed by atoms with Gasteiger partial charge in [-0.3, -0.25) is 0 Å². The van der Waals surface area contributed by atoms with Crippen LogP contribution < -0.4 is 5.32 Å². The Morgan fingerprint density at radius 3 is 2.94 bits per heavy atom. The molecule has 1 fully saturated rings. The van der Waals surface area contributed by atoms with E-state index in [0.717, 1.165) is 19.3 Å². The molecule has 16 heavy (non-hydrogen) atoms. The Labute approximate surface area is 99.0 Å². The number of nitrogens with zero attached hydrogens (tertiary/aromatic N) is 1. The standard InChI is InChI=1S/C12H12ClFN2/c13-10-5-4-9(6-11(10)14)16-12-3-1-2-8(12)7-15/h4-6,8,12,16H,1-3H2. The normalized spacial score (nSPS) is 24.1. The summed E-state index contributed by atoms with van der Waals surface area (Å²) in [7, 11) is 0. The van der Waals surface area contributed by atoms with Crippen molar-refractivity contribution in [3.8, 4) is 6.07 Å². The van der Waals surface area contributed by atoms with Crippen LogP contribution in [0.3, 0.4) is 0 Å². The summed E-state index contributed by atoms with van der Waals surface area (Å²) in [6.07, 6.45) is 2.93. The molecule has 0 bridgehead atoms. The van der Waals surface area contributed by atoms with Gasteiger partial charge in [-0.05, 0) is 37.5 Å². The third-order valence-corrected chi connectivity index (χ3v) is 3.26. The van der Waals surface area contributed by atoms with Gasteiger partial charge in [-0.25, -0.2) is 4.39 Å². The fourth-order valence-electron chi connectivity index (χ4n) is 2.09. The molecular formula is C12H12ClFN2. The molecule has 2 rings (SSSR count). The predicted molar refractivity (Wildman–Crippen MR) is 61.8 cm³/mol. The molecule has 84 valence electrons.